The molecule has 0 spiro atoms. The van der Waals surface area contributed by atoms with Gasteiger partial charge in [-0.1, -0.05) is 176 Å². The van der Waals surface area contributed by atoms with Crippen molar-refractivity contribution in [3.8, 4) is 22.3 Å². The molecule has 12 aromatic rings. The molecule has 264 valence electrons. The maximum Gasteiger partial charge on any atom is 0.0540 e. The summed E-state index contributed by atoms with van der Waals surface area (Å²) in [7, 11) is 0. The van der Waals surface area contributed by atoms with Crippen LogP contribution in [0, 0.1) is 0 Å². The number of hydrogen-bond donors (Lipinski definition) is 0. The zero-order valence-electron chi connectivity index (χ0n) is 31.2. The van der Waals surface area contributed by atoms with Crippen LogP contribution in [0.25, 0.3) is 97.7 Å². The Morgan fingerprint density at radius 3 is 1.35 bits per heavy atom. The third kappa shape index (κ3) is 4.89. The van der Waals surface area contributed by atoms with Gasteiger partial charge >= 0.3 is 0 Å². The Bertz CT molecular complexity index is 3480. The molecule has 1 nitrogen and oxygen atoms in total. The normalized spacial score (nSPS) is 11.9. The molecular weight excluding hydrogens is 687 g/mol. The van der Waals surface area contributed by atoms with Crippen molar-refractivity contribution in [2.45, 2.75) is 0 Å². The predicted molar refractivity (Wildman–Crippen MR) is 246 cm³/mol. The molecule has 12 rings (SSSR count). The van der Waals surface area contributed by atoms with Crippen molar-refractivity contribution in [2.75, 3.05) is 4.90 Å². The minimum Gasteiger partial charge on any atom is -0.310 e. The van der Waals surface area contributed by atoms with E-state index in [-0.39, 0.29) is 0 Å². The van der Waals surface area contributed by atoms with Gasteiger partial charge in [-0.25, -0.2) is 0 Å². The molecule has 0 aliphatic rings. The van der Waals surface area contributed by atoms with Crippen LogP contribution >= 0.6 is 0 Å². The highest BCUT2D eigenvalue weighted by Crippen LogP contribution is 2.46. The Hall–Kier alpha value is -7.48. The van der Waals surface area contributed by atoms with E-state index in [1.54, 1.807) is 0 Å². The van der Waals surface area contributed by atoms with Gasteiger partial charge in [-0.15, -0.1) is 0 Å². The maximum absolute atomic E-state index is 2.42. The fourth-order valence-electron chi connectivity index (χ4n) is 9.60. The van der Waals surface area contributed by atoms with E-state index < -0.39 is 0 Å². The number of fused-ring (bicyclic) bond motifs is 3. The van der Waals surface area contributed by atoms with Crippen LogP contribution in [0.5, 0.6) is 0 Å². The highest BCUT2D eigenvalue weighted by molar-refractivity contribution is 6.38. The Balaban J connectivity index is 1.08. The SMILES string of the molecule is c1ccc(-c2ccc(N(c3ccc(-c4cc5cccc6c7cccc8ccc9cccc(c%10cccc4c%10c56)c9c87)cc3)c3cccc4ccccc34)cc2)cc1. The molecule has 12 aromatic carbocycles. The van der Waals surface area contributed by atoms with Gasteiger partial charge in [-0.2, -0.15) is 0 Å². The Morgan fingerprint density at radius 2 is 0.684 bits per heavy atom. The Labute approximate surface area is 330 Å². The number of benzene rings is 11. The molecule has 0 heterocycles. The third-order valence-corrected chi connectivity index (χ3v) is 12.1. The largest absolute Gasteiger partial charge is 0.310 e. The molecular formula is C56H35N. The molecule has 0 radical (unpaired) electrons. The first-order valence-corrected chi connectivity index (χ1v) is 19.8. The van der Waals surface area contributed by atoms with Crippen molar-refractivity contribution in [1.29, 1.82) is 0 Å². The molecule has 0 N–H and O–H groups in total. The summed E-state index contributed by atoms with van der Waals surface area (Å²) in [6, 6.07) is 78.4. The second-order valence-electron chi connectivity index (χ2n) is 15.2. The lowest BCUT2D eigenvalue weighted by molar-refractivity contribution is 1.30. The summed E-state index contributed by atoms with van der Waals surface area (Å²) in [6.45, 7) is 0. The number of anilines is 3. The van der Waals surface area contributed by atoms with E-state index in [4.69, 9.17) is 0 Å². The van der Waals surface area contributed by atoms with Crippen molar-refractivity contribution in [2.24, 2.45) is 0 Å². The first kappa shape index (κ1) is 31.8. The van der Waals surface area contributed by atoms with E-state index >= 15 is 0 Å². The fourth-order valence-corrected chi connectivity index (χ4v) is 9.60. The molecule has 0 amide bonds. The molecule has 0 atom stereocenters. The molecule has 0 bridgehead atoms. The summed E-state index contributed by atoms with van der Waals surface area (Å²) in [4.78, 5) is 2.40. The molecule has 0 aliphatic carbocycles. The van der Waals surface area contributed by atoms with Crippen molar-refractivity contribution in [1.82, 2.24) is 0 Å². The monoisotopic (exact) mass is 721 g/mol. The molecule has 0 aromatic heterocycles. The van der Waals surface area contributed by atoms with E-state index in [9.17, 15) is 0 Å². The van der Waals surface area contributed by atoms with Crippen molar-refractivity contribution >= 4 is 92.5 Å². The lowest BCUT2D eigenvalue weighted by Gasteiger charge is -2.27. The molecule has 0 saturated heterocycles. The zero-order chi connectivity index (χ0) is 37.5. The molecule has 0 fully saturated rings. The highest BCUT2D eigenvalue weighted by atomic mass is 15.1. The van der Waals surface area contributed by atoms with Gasteiger partial charge in [0.25, 0.3) is 0 Å². The molecule has 57 heavy (non-hydrogen) atoms. The summed E-state index contributed by atoms with van der Waals surface area (Å²) in [6.07, 6.45) is 0. The average Bonchev–Trinajstić information content (AvgIpc) is 3.28. The lowest BCUT2D eigenvalue weighted by atomic mass is 9.85. The average molecular weight is 722 g/mol. The van der Waals surface area contributed by atoms with Crippen LogP contribution in [-0.4, -0.2) is 0 Å². The molecule has 0 aliphatic heterocycles. The lowest BCUT2D eigenvalue weighted by Crippen LogP contribution is -2.10. The quantitative estimate of drug-likeness (QED) is 0.160. The summed E-state index contributed by atoms with van der Waals surface area (Å²) in [5, 5.41) is 18.0. The van der Waals surface area contributed by atoms with Crippen LogP contribution < -0.4 is 4.90 Å². The highest BCUT2D eigenvalue weighted by Gasteiger charge is 2.19. The maximum atomic E-state index is 2.42. The Kier molecular flexibility index (Phi) is 7.00. The van der Waals surface area contributed by atoms with Crippen molar-refractivity contribution in [3.63, 3.8) is 0 Å². The van der Waals surface area contributed by atoms with E-state index in [1.165, 1.54) is 97.7 Å². The summed E-state index contributed by atoms with van der Waals surface area (Å²) in [5.41, 5.74) is 8.24. The summed E-state index contributed by atoms with van der Waals surface area (Å²) in [5.74, 6) is 0. The predicted octanol–water partition coefficient (Wildman–Crippen LogP) is 16.0. The van der Waals surface area contributed by atoms with Crippen LogP contribution in [0.1, 0.15) is 0 Å². The van der Waals surface area contributed by atoms with Gasteiger partial charge < -0.3 is 4.90 Å². The van der Waals surface area contributed by atoms with Crippen molar-refractivity contribution < 1.29 is 0 Å². The van der Waals surface area contributed by atoms with Crippen LogP contribution in [0.3, 0.4) is 0 Å². The van der Waals surface area contributed by atoms with Crippen LogP contribution in [0.4, 0.5) is 17.1 Å². The summed E-state index contributed by atoms with van der Waals surface area (Å²) < 4.78 is 0. The van der Waals surface area contributed by atoms with Gasteiger partial charge in [0.05, 0.1) is 5.69 Å². The van der Waals surface area contributed by atoms with Crippen LogP contribution in [0.2, 0.25) is 0 Å². The molecule has 0 saturated carbocycles. The van der Waals surface area contributed by atoms with Crippen molar-refractivity contribution in [3.05, 3.63) is 212 Å². The van der Waals surface area contributed by atoms with Gasteiger partial charge in [0.15, 0.2) is 0 Å². The number of nitrogens with zero attached hydrogens (tertiary/aromatic N) is 1. The second kappa shape index (κ2) is 12.5. The second-order valence-corrected chi connectivity index (χ2v) is 15.2. The first-order valence-electron chi connectivity index (χ1n) is 19.8. The fraction of sp³-hybridized carbons (Fsp3) is 0. The van der Waals surface area contributed by atoms with E-state index in [1.807, 2.05) is 0 Å². The Morgan fingerprint density at radius 1 is 0.246 bits per heavy atom. The molecule has 0 unspecified atom stereocenters. The third-order valence-electron chi connectivity index (χ3n) is 12.1. The van der Waals surface area contributed by atoms with Gasteiger partial charge in [-0.05, 0) is 129 Å². The van der Waals surface area contributed by atoms with E-state index in [2.05, 4.69) is 217 Å². The van der Waals surface area contributed by atoms with Gasteiger partial charge in [-0.3, -0.25) is 0 Å². The number of hydrogen-bond acceptors (Lipinski definition) is 1. The van der Waals surface area contributed by atoms with Crippen LogP contribution in [-0.2, 0) is 0 Å². The standard InChI is InChI=1S/C56H35N/c1-2-11-36(12-3-1)37-27-31-43(32-28-37)57(52-24-9-14-38-13-4-5-18-45(38)52)44-33-29-39(30-34-44)51-35-42-17-8-21-47-46-19-6-15-40-25-26-41-16-7-20-48(54(41)53(40)46)49-22-10-23-50(51)56(49)55(42)47/h1-35H. The minimum atomic E-state index is 1.11. The number of rotatable bonds is 5. The first-order chi connectivity index (χ1) is 28.3. The van der Waals surface area contributed by atoms with Gasteiger partial charge in [0, 0.05) is 16.8 Å². The zero-order valence-corrected chi connectivity index (χ0v) is 31.2. The van der Waals surface area contributed by atoms with E-state index in [0.717, 1.165) is 17.1 Å². The minimum absolute atomic E-state index is 1.11. The topological polar surface area (TPSA) is 3.24 Å². The van der Waals surface area contributed by atoms with Crippen LogP contribution in [0.15, 0.2) is 212 Å². The smallest absolute Gasteiger partial charge is 0.0540 e. The summed E-state index contributed by atoms with van der Waals surface area (Å²) >= 11 is 0. The molecule has 1 heteroatoms. The van der Waals surface area contributed by atoms with Gasteiger partial charge in [0.2, 0.25) is 0 Å². The van der Waals surface area contributed by atoms with E-state index in [0.29, 0.717) is 0 Å². The van der Waals surface area contributed by atoms with Gasteiger partial charge in [0.1, 0.15) is 0 Å².